The van der Waals surface area contributed by atoms with E-state index in [1.165, 1.54) is 7.11 Å². The molecule has 2 N–H and O–H groups in total. The standard InChI is InChI=1S/C15H21NO5S/c1-19-10-11(17)9-16-15(18)4-7-22-12-2-3-13-14(8-12)21-6-5-20-13/h2-3,8,11,17H,4-7,9-10H2,1H3,(H,16,18). The van der Waals surface area contributed by atoms with Gasteiger partial charge in [0.1, 0.15) is 13.2 Å². The van der Waals surface area contributed by atoms with Crippen molar-refractivity contribution in [2.45, 2.75) is 17.4 Å². The van der Waals surface area contributed by atoms with E-state index in [0.29, 0.717) is 25.4 Å². The summed E-state index contributed by atoms with van der Waals surface area (Å²) in [5, 5.41) is 12.1. The van der Waals surface area contributed by atoms with Crippen LogP contribution in [0.25, 0.3) is 0 Å². The van der Waals surface area contributed by atoms with Crippen molar-refractivity contribution < 1.29 is 24.1 Å². The molecule has 1 aliphatic heterocycles. The third kappa shape index (κ3) is 5.40. The van der Waals surface area contributed by atoms with Crippen LogP contribution in [0, 0.1) is 0 Å². The summed E-state index contributed by atoms with van der Waals surface area (Å²) in [7, 11) is 1.51. The van der Waals surface area contributed by atoms with Crippen molar-refractivity contribution >= 4 is 17.7 Å². The number of nitrogens with one attached hydrogen (secondary N) is 1. The molecule has 1 atom stereocenters. The summed E-state index contributed by atoms with van der Waals surface area (Å²) in [4.78, 5) is 12.7. The summed E-state index contributed by atoms with van der Waals surface area (Å²) in [6.07, 6.45) is -0.280. The van der Waals surface area contributed by atoms with Crippen molar-refractivity contribution in [3.63, 3.8) is 0 Å². The normalized spacial score (nSPS) is 14.5. The molecule has 122 valence electrons. The third-order valence-corrected chi connectivity index (χ3v) is 4.00. The lowest BCUT2D eigenvalue weighted by Crippen LogP contribution is -2.34. The van der Waals surface area contributed by atoms with Crippen molar-refractivity contribution in [3.8, 4) is 11.5 Å². The van der Waals surface area contributed by atoms with Gasteiger partial charge in [-0.3, -0.25) is 4.79 Å². The van der Waals surface area contributed by atoms with Gasteiger partial charge in [0.25, 0.3) is 0 Å². The minimum Gasteiger partial charge on any atom is -0.486 e. The Balaban J connectivity index is 1.69. The van der Waals surface area contributed by atoms with Gasteiger partial charge in [-0.25, -0.2) is 0 Å². The van der Waals surface area contributed by atoms with Crippen molar-refractivity contribution in [3.05, 3.63) is 18.2 Å². The number of methoxy groups -OCH3 is 1. The maximum absolute atomic E-state index is 11.7. The number of amides is 1. The molecular weight excluding hydrogens is 306 g/mol. The first-order chi connectivity index (χ1) is 10.7. The molecule has 0 aliphatic carbocycles. The molecule has 1 unspecified atom stereocenters. The predicted octanol–water partition coefficient (Wildman–Crippen LogP) is 1.06. The van der Waals surface area contributed by atoms with Gasteiger partial charge in [-0.2, -0.15) is 0 Å². The highest BCUT2D eigenvalue weighted by Crippen LogP contribution is 2.34. The first-order valence-electron chi connectivity index (χ1n) is 7.15. The van der Waals surface area contributed by atoms with E-state index >= 15 is 0 Å². The van der Waals surface area contributed by atoms with E-state index < -0.39 is 6.10 Å². The molecule has 2 rings (SSSR count). The second kappa shape index (κ2) is 8.87. The number of thioether (sulfide) groups is 1. The Morgan fingerprint density at radius 3 is 2.95 bits per heavy atom. The minimum absolute atomic E-state index is 0.0832. The fourth-order valence-corrected chi connectivity index (χ4v) is 2.82. The van der Waals surface area contributed by atoms with E-state index in [4.69, 9.17) is 14.2 Å². The van der Waals surface area contributed by atoms with E-state index in [1.54, 1.807) is 11.8 Å². The van der Waals surface area contributed by atoms with Crippen molar-refractivity contribution in [1.29, 1.82) is 0 Å². The Kier molecular flexibility index (Phi) is 6.82. The molecule has 1 aromatic carbocycles. The van der Waals surface area contributed by atoms with E-state index in [0.717, 1.165) is 16.4 Å². The fraction of sp³-hybridized carbons (Fsp3) is 0.533. The van der Waals surface area contributed by atoms with Gasteiger partial charge >= 0.3 is 0 Å². The zero-order chi connectivity index (χ0) is 15.8. The highest BCUT2D eigenvalue weighted by Gasteiger charge is 2.12. The van der Waals surface area contributed by atoms with Crippen LogP contribution in [-0.4, -0.2) is 56.3 Å². The van der Waals surface area contributed by atoms with Crippen molar-refractivity contribution in [1.82, 2.24) is 5.32 Å². The molecule has 1 aliphatic rings. The number of aliphatic hydroxyl groups excluding tert-OH is 1. The number of aliphatic hydroxyl groups is 1. The van der Waals surface area contributed by atoms with Gasteiger partial charge in [-0.1, -0.05) is 0 Å². The maximum atomic E-state index is 11.7. The van der Waals surface area contributed by atoms with E-state index in [9.17, 15) is 9.90 Å². The highest BCUT2D eigenvalue weighted by atomic mass is 32.2. The second-order valence-corrected chi connectivity index (χ2v) is 5.99. The summed E-state index contributed by atoms with van der Waals surface area (Å²) in [6.45, 7) is 1.56. The van der Waals surface area contributed by atoms with Gasteiger partial charge in [0.2, 0.25) is 5.91 Å². The lowest BCUT2D eigenvalue weighted by molar-refractivity contribution is -0.121. The predicted molar refractivity (Wildman–Crippen MR) is 83.7 cm³/mol. The number of rotatable bonds is 8. The SMILES string of the molecule is COCC(O)CNC(=O)CCSc1ccc2c(c1)OCCO2. The molecule has 1 amide bonds. The van der Waals surface area contributed by atoms with Crippen LogP contribution in [0.5, 0.6) is 11.5 Å². The van der Waals surface area contributed by atoms with Crippen LogP contribution in [0.15, 0.2) is 23.1 Å². The molecule has 1 heterocycles. The van der Waals surface area contributed by atoms with Gasteiger partial charge in [-0.15, -0.1) is 11.8 Å². The second-order valence-electron chi connectivity index (χ2n) is 4.82. The van der Waals surface area contributed by atoms with Gasteiger partial charge in [0.15, 0.2) is 11.5 Å². The Bertz CT molecular complexity index is 497. The molecule has 0 saturated heterocycles. The number of benzene rings is 1. The number of fused-ring (bicyclic) bond motifs is 1. The fourth-order valence-electron chi connectivity index (χ4n) is 1.95. The van der Waals surface area contributed by atoms with Crippen molar-refractivity contribution in [2.24, 2.45) is 0 Å². The summed E-state index contributed by atoms with van der Waals surface area (Å²) >= 11 is 1.58. The molecule has 0 bridgehead atoms. The molecule has 0 aromatic heterocycles. The largest absolute Gasteiger partial charge is 0.486 e. The Morgan fingerprint density at radius 2 is 2.18 bits per heavy atom. The zero-order valence-corrected chi connectivity index (χ0v) is 13.4. The highest BCUT2D eigenvalue weighted by molar-refractivity contribution is 7.99. The summed E-state index contributed by atoms with van der Waals surface area (Å²) < 4.78 is 15.8. The molecule has 0 saturated carbocycles. The Morgan fingerprint density at radius 1 is 1.41 bits per heavy atom. The Hall–Kier alpha value is -1.44. The lowest BCUT2D eigenvalue weighted by atomic mass is 10.3. The average Bonchev–Trinajstić information content (AvgIpc) is 2.53. The first kappa shape index (κ1) is 16.9. The monoisotopic (exact) mass is 327 g/mol. The van der Waals surface area contributed by atoms with Crippen molar-refractivity contribution in [2.75, 3.05) is 39.2 Å². The molecule has 0 fully saturated rings. The number of carbonyl (C=O) groups is 1. The zero-order valence-electron chi connectivity index (χ0n) is 12.5. The quantitative estimate of drug-likeness (QED) is 0.696. The lowest BCUT2D eigenvalue weighted by Gasteiger charge is -2.18. The summed E-state index contributed by atoms with van der Waals surface area (Å²) in [5.74, 6) is 2.09. The third-order valence-electron chi connectivity index (χ3n) is 3.01. The summed E-state index contributed by atoms with van der Waals surface area (Å²) in [5.41, 5.74) is 0. The minimum atomic E-state index is -0.667. The smallest absolute Gasteiger partial charge is 0.220 e. The molecule has 1 aromatic rings. The molecule has 6 nitrogen and oxygen atoms in total. The summed E-state index contributed by atoms with van der Waals surface area (Å²) in [6, 6.07) is 5.77. The van der Waals surface area contributed by atoms with Crippen LogP contribution in [0.4, 0.5) is 0 Å². The van der Waals surface area contributed by atoms with Gasteiger partial charge in [0, 0.05) is 30.7 Å². The molecule has 22 heavy (non-hydrogen) atoms. The molecule has 0 radical (unpaired) electrons. The van der Waals surface area contributed by atoms with Crippen LogP contribution in [0.2, 0.25) is 0 Å². The van der Waals surface area contributed by atoms with Crippen LogP contribution in [0.3, 0.4) is 0 Å². The number of carbonyl (C=O) groups excluding carboxylic acids is 1. The van der Waals surface area contributed by atoms with E-state index in [2.05, 4.69) is 5.32 Å². The molecule has 7 heteroatoms. The van der Waals surface area contributed by atoms with Gasteiger partial charge < -0.3 is 24.6 Å². The van der Waals surface area contributed by atoms with Crippen LogP contribution in [-0.2, 0) is 9.53 Å². The molecule has 0 spiro atoms. The number of hydrogen-bond donors (Lipinski definition) is 2. The van der Waals surface area contributed by atoms with Gasteiger partial charge in [0.05, 0.1) is 12.7 Å². The average molecular weight is 327 g/mol. The number of hydrogen-bond acceptors (Lipinski definition) is 6. The van der Waals surface area contributed by atoms with E-state index in [1.807, 2.05) is 18.2 Å². The maximum Gasteiger partial charge on any atom is 0.220 e. The van der Waals surface area contributed by atoms with E-state index in [-0.39, 0.29) is 19.1 Å². The number of ether oxygens (including phenoxy) is 3. The van der Waals surface area contributed by atoms with Crippen LogP contribution in [0.1, 0.15) is 6.42 Å². The van der Waals surface area contributed by atoms with Crippen LogP contribution < -0.4 is 14.8 Å². The van der Waals surface area contributed by atoms with Gasteiger partial charge in [-0.05, 0) is 18.2 Å². The molecular formula is C15H21NO5S. The topological polar surface area (TPSA) is 77.0 Å². The first-order valence-corrected chi connectivity index (χ1v) is 8.13. The van der Waals surface area contributed by atoms with Crippen LogP contribution >= 0.6 is 11.8 Å². The Labute approximate surface area is 134 Å².